The smallest absolute Gasteiger partial charge is 0.0713 e. The third-order valence-electron chi connectivity index (χ3n) is 14.8. The van der Waals surface area contributed by atoms with Crippen molar-refractivity contribution in [3.05, 3.63) is 320 Å². The van der Waals surface area contributed by atoms with Crippen molar-refractivity contribution in [2.45, 2.75) is 5.41 Å². The van der Waals surface area contributed by atoms with Gasteiger partial charge in [-0.1, -0.05) is 261 Å². The highest BCUT2D eigenvalue weighted by atomic mass is 15.1. The second-order valence-corrected chi connectivity index (χ2v) is 18.8. The van der Waals surface area contributed by atoms with Gasteiger partial charge in [-0.25, -0.2) is 0 Å². The second kappa shape index (κ2) is 18.2. The van der Waals surface area contributed by atoms with E-state index in [1.54, 1.807) is 0 Å². The van der Waals surface area contributed by atoms with E-state index in [4.69, 9.17) is 0 Å². The molecular weight excluding hydrogens is 867 g/mol. The lowest BCUT2D eigenvalue weighted by Gasteiger charge is -2.34. The van der Waals surface area contributed by atoms with E-state index in [0.717, 1.165) is 44.9 Å². The zero-order valence-corrected chi connectivity index (χ0v) is 39.7. The molecule has 0 aromatic heterocycles. The van der Waals surface area contributed by atoms with E-state index in [9.17, 15) is 0 Å². The summed E-state index contributed by atoms with van der Waals surface area (Å²) in [4.78, 5) is 2.46. The van der Waals surface area contributed by atoms with Crippen LogP contribution in [0.1, 0.15) is 22.3 Å². The minimum Gasteiger partial charge on any atom is -0.309 e. The van der Waals surface area contributed by atoms with Gasteiger partial charge in [0.25, 0.3) is 0 Å². The molecule has 0 heterocycles. The number of anilines is 3. The van der Waals surface area contributed by atoms with E-state index in [0.29, 0.717) is 0 Å². The van der Waals surface area contributed by atoms with Crippen LogP contribution in [0.25, 0.3) is 77.5 Å². The van der Waals surface area contributed by atoms with Crippen LogP contribution in [0.15, 0.2) is 297 Å². The minimum absolute atomic E-state index is 0.473. The van der Waals surface area contributed by atoms with Crippen molar-refractivity contribution in [2.75, 3.05) is 4.90 Å². The van der Waals surface area contributed by atoms with Gasteiger partial charge in [0.1, 0.15) is 0 Å². The van der Waals surface area contributed by atoms with Gasteiger partial charge in [-0.3, -0.25) is 0 Å². The molecule has 0 spiro atoms. The number of benzene rings is 12. The van der Waals surface area contributed by atoms with Crippen LogP contribution in [0.2, 0.25) is 0 Å². The third kappa shape index (κ3) is 7.34. The van der Waals surface area contributed by atoms with Crippen LogP contribution in [0.4, 0.5) is 17.1 Å². The normalized spacial score (nSPS) is 12.3. The molecule has 0 N–H and O–H groups in total. The highest BCUT2D eigenvalue weighted by Gasteiger charge is 2.46. The van der Waals surface area contributed by atoms with Crippen molar-refractivity contribution >= 4 is 27.8 Å². The molecule has 1 nitrogen and oxygen atoms in total. The Bertz CT molecular complexity index is 3850. The summed E-state index contributed by atoms with van der Waals surface area (Å²) in [5.74, 6) is 0. The summed E-state index contributed by atoms with van der Waals surface area (Å²) in [5.41, 5.74) is 22.3. The van der Waals surface area contributed by atoms with Crippen LogP contribution in [-0.2, 0) is 5.41 Å². The van der Waals surface area contributed by atoms with Crippen molar-refractivity contribution in [3.63, 3.8) is 0 Å². The molecule has 338 valence electrons. The SMILES string of the molecule is c1ccc(-c2ccc(-c3ccccc3N(c3ccc(-c4ccc5c(c4)C(c4ccccc4)(c4ccccc4)c4ccccc4-5)cc3)c3ccccc3-c3cccc(-c4cccc5ccccc45)c3)cc2)cc1. The third-order valence-corrected chi connectivity index (χ3v) is 14.8. The van der Waals surface area contributed by atoms with E-state index >= 15 is 0 Å². The lowest BCUT2D eigenvalue weighted by molar-refractivity contribution is 0.769. The first-order chi connectivity index (χ1) is 35.7. The van der Waals surface area contributed by atoms with Crippen molar-refractivity contribution in [2.24, 2.45) is 0 Å². The standard InChI is InChI=1S/C71H49N/c1-4-20-50(21-5-1)51-38-40-54(41-39-51)63-31-13-16-36-69(63)72(70-37-17-14-32-64(70)57-25-18-24-56(48-57)62-34-19-23-53-22-10-11-30-61(53)62)60-45-42-52(43-46-60)55-44-47-66-65-33-12-15-35-67(65)71(68(66)49-55,58-26-6-2-7-27-58)59-28-8-3-9-29-59/h1-49H. The van der Waals surface area contributed by atoms with Gasteiger partial charge >= 0.3 is 0 Å². The summed E-state index contributed by atoms with van der Waals surface area (Å²) in [6.45, 7) is 0. The second-order valence-electron chi connectivity index (χ2n) is 18.8. The Balaban J connectivity index is 0.959. The summed E-state index contributed by atoms with van der Waals surface area (Å²) < 4.78 is 0. The molecule has 72 heavy (non-hydrogen) atoms. The van der Waals surface area contributed by atoms with Crippen LogP contribution < -0.4 is 4.90 Å². The van der Waals surface area contributed by atoms with Gasteiger partial charge in [-0.15, -0.1) is 0 Å². The maximum atomic E-state index is 2.46. The first-order valence-electron chi connectivity index (χ1n) is 24.9. The first-order valence-corrected chi connectivity index (χ1v) is 24.9. The van der Waals surface area contributed by atoms with Crippen LogP contribution in [-0.4, -0.2) is 0 Å². The molecule has 0 aliphatic heterocycles. The quantitative estimate of drug-likeness (QED) is 0.132. The van der Waals surface area contributed by atoms with Gasteiger partial charge < -0.3 is 4.90 Å². The lowest BCUT2D eigenvalue weighted by atomic mass is 9.67. The van der Waals surface area contributed by atoms with Gasteiger partial charge in [-0.05, 0) is 125 Å². The number of fused-ring (bicyclic) bond motifs is 4. The average Bonchev–Trinajstić information content (AvgIpc) is 3.76. The van der Waals surface area contributed by atoms with Gasteiger partial charge in [0.05, 0.1) is 16.8 Å². The molecule has 13 rings (SSSR count). The number of hydrogen-bond acceptors (Lipinski definition) is 1. The number of para-hydroxylation sites is 2. The summed E-state index contributed by atoms with van der Waals surface area (Å²) in [5, 5.41) is 2.48. The molecule has 0 unspecified atom stereocenters. The zero-order valence-electron chi connectivity index (χ0n) is 39.7. The molecule has 0 saturated carbocycles. The van der Waals surface area contributed by atoms with Crippen molar-refractivity contribution < 1.29 is 0 Å². The fraction of sp³-hybridized carbons (Fsp3) is 0.0141. The molecule has 0 radical (unpaired) electrons. The van der Waals surface area contributed by atoms with Gasteiger partial charge in [0.15, 0.2) is 0 Å². The predicted molar refractivity (Wildman–Crippen MR) is 303 cm³/mol. The van der Waals surface area contributed by atoms with E-state index < -0.39 is 5.41 Å². The van der Waals surface area contributed by atoms with Gasteiger partial charge in [0, 0.05) is 16.8 Å². The fourth-order valence-corrected chi connectivity index (χ4v) is 11.5. The summed E-state index contributed by atoms with van der Waals surface area (Å²) >= 11 is 0. The monoisotopic (exact) mass is 915 g/mol. The van der Waals surface area contributed by atoms with E-state index in [2.05, 4.69) is 302 Å². The molecule has 1 heteroatoms. The average molecular weight is 916 g/mol. The van der Waals surface area contributed by atoms with Crippen molar-refractivity contribution in [3.8, 4) is 66.8 Å². The van der Waals surface area contributed by atoms with Gasteiger partial charge in [0.2, 0.25) is 0 Å². The Hall–Kier alpha value is -9.30. The molecule has 0 bridgehead atoms. The minimum atomic E-state index is -0.473. The Morgan fingerprint density at radius 3 is 1.36 bits per heavy atom. The summed E-state index contributed by atoms with van der Waals surface area (Å²) in [7, 11) is 0. The van der Waals surface area contributed by atoms with Crippen molar-refractivity contribution in [1.82, 2.24) is 0 Å². The van der Waals surface area contributed by atoms with Crippen LogP contribution in [0.3, 0.4) is 0 Å². The number of hydrogen-bond donors (Lipinski definition) is 0. The van der Waals surface area contributed by atoms with Gasteiger partial charge in [-0.2, -0.15) is 0 Å². The molecule has 0 amide bonds. The summed E-state index contributed by atoms with van der Waals surface area (Å²) in [6, 6.07) is 109. The van der Waals surface area contributed by atoms with E-state index in [1.165, 1.54) is 72.0 Å². The maximum absolute atomic E-state index is 2.46. The summed E-state index contributed by atoms with van der Waals surface area (Å²) in [6.07, 6.45) is 0. The molecule has 12 aromatic carbocycles. The largest absolute Gasteiger partial charge is 0.309 e. The molecule has 0 fully saturated rings. The zero-order chi connectivity index (χ0) is 47.8. The maximum Gasteiger partial charge on any atom is 0.0713 e. The molecule has 1 aliphatic rings. The van der Waals surface area contributed by atoms with Crippen LogP contribution >= 0.6 is 0 Å². The topological polar surface area (TPSA) is 3.24 Å². The Kier molecular flexibility index (Phi) is 10.8. The van der Waals surface area contributed by atoms with E-state index in [1.807, 2.05) is 0 Å². The predicted octanol–water partition coefficient (Wildman–Crippen LogP) is 19.0. The van der Waals surface area contributed by atoms with Crippen LogP contribution in [0, 0.1) is 0 Å². The Labute approximate surface area is 422 Å². The molecule has 0 saturated heterocycles. The van der Waals surface area contributed by atoms with Crippen LogP contribution in [0.5, 0.6) is 0 Å². The molecular formula is C71H49N. The van der Waals surface area contributed by atoms with E-state index in [-0.39, 0.29) is 0 Å². The number of nitrogens with zero attached hydrogens (tertiary/aromatic N) is 1. The molecule has 0 atom stereocenters. The van der Waals surface area contributed by atoms with Crippen molar-refractivity contribution in [1.29, 1.82) is 0 Å². The Morgan fingerprint density at radius 1 is 0.236 bits per heavy atom. The molecule has 12 aromatic rings. The highest BCUT2D eigenvalue weighted by molar-refractivity contribution is 5.99. The Morgan fingerprint density at radius 2 is 0.667 bits per heavy atom. The molecule has 1 aliphatic carbocycles. The lowest BCUT2D eigenvalue weighted by Crippen LogP contribution is -2.28. The first kappa shape index (κ1) is 42.8. The fourth-order valence-electron chi connectivity index (χ4n) is 11.5. The highest BCUT2D eigenvalue weighted by Crippen LogP contribution is 2.57. The number of rotatable bonds is 10.